The molecule has 3 aromatic rings. The summed E-state index contributed by atoms with van der Waals surface area (Å²) in [6.07, 6.45) is 1.18. The fraction of sp³-hybridized carbons (Fsp3) is 0.441. The molecule has 2 atom stereocenters. The third-order valence-electron chi connectivity index (χ3n) is 9.93. The summed E-state index contributed by atoms with van der Waals surface area (Å²) in [5.41, 5.74) is 2.64. The van der Waals surface area contributed by atoms with E-state index in [1.807, 2.05) is 18.2 Å². The number of amides is 1. The molecule has 2 fully saturated rings. The van der Waals surface area contributed by atoms with E-state index in [4.69, 9.17) is 4.74 Å². The average Bonchev–Trinajstić information content (AvgIpc) is 3.59. The van der Waals surface area contributed by atoms with Gasteiger partial charge < -0.3 is 10.1 Å². The minimum absolute atomic E-state index is 0.0507. The van der Waals surface area contributed by atoms with E-state index in [9.17, 15) is 26.4 Å². The monoisotopic (exact) mass is 639 g/mol. The molecular weight excluding hydrogens is 603 g/mol. The highest BCUT2D eigenvalue weighted by Crippen LogP contribution is 2.41. The van der Waals surface area contributed by atoms with Crippen LogP contribution >= 0.6 is 0 Å². The number of sulfonamides is 1. The van der Waals surface area contributed by atoms with E-state index in [1.165, 1.54) is 41.6 Å². The highest BCUT2D eigenvalue weighted by Gasteiger charge is 2.41. The van der Waals surface area contributed by atoms with Crippen molar-refractivity contribution in [3.63, 3.8) is 0 Å². The highest BCUT2D eigenvalue weighted by atomic mass is 32.2. The fourth-order valence-electron chi connectivity index (χ4n) is 7.70. The minimum Gasteiger partial charge on any atom is -0.493 e. The average molecular weight is 640 g/mol. The van der Waals surface area contributed by atoms with Gasteiger partial charge in [0.25, 0.3) is 0 Å². The largest absolute Gasteiger partial charge is 0.493 e. The van der Waals surface area contributed by atoms with Gasteiger partial charge in [0.1, 0.15) is 5.75 Å². The number of rotatable bonds is 7. The molecule has 45 heavy (non-hydrogen) atoms. The Hall–Kier alpha value is -3.41. The summed E-state index contributed by atoms with van der Waals surface area (Å²) in [6, 6.07) is 17.5. The van der Waals surface area contributed by atoms with Crippen molar-refractivity contribution in [3.05, 3.63) is 94.5 Å². The minimum atomic E-state index is -4.69. The van der Waals surface area contributed by atoms with Gasteiger partial charge in [-0.05, 0) is 73.1 Å². The Morgan fingerprint density at radius 1 is 0.911 bits per heavy atom. The van der Waals surface area contributed by atoms with E-state index in [-0.39, 0.29) is 24.9 Å². The number of carbonyl (C=O) groups excluding carboxylic acids is 1. The molecule has 4 heterocycles. The molecule has 0 unspecified atom stereocenters. The Kier molecular flexibility index (Phi) is 7.90. The number of ether oxygens (including phenoxy) is 1. The van der Waals surface area contributed by atoms with E-state index in [1.54, 1.807) is 12.1 Å². The number of nitrogens with one attached hydrogen (secondary N) is 1. The topological polar surface area (TPSA) is 79.0 Å². The molecule has 7 nitrogen and oxygen atoms in total. The second-order valence-electron chi connectivity index (χ2n) is 12.6. The predicted molar refractivity (Wildman–Crippen MR) is 162 cm³/mol. The van der Waals surface area contributed by atoms with Crippen LogP contribution in [0.3, 0.4) is 0 Å². The summed E-state index contributed by atoms with van der Waals surface area (Å²) in [7, 11) is -4.35. The Balaban J connectivity index is 1.11. The van der Waals surface area contributed by atoms with E-state index >= 15 is 0 Å². The van der Waals surface area contributed by atoms with E-state index < -0.39 is 32.7 Å². The first-order valence-corrected chi connectivity index (χ1v) is 17.1. The van der Waals surface area contributed by atoms with Gasteiger partial charge >= 0.3 is 6.18 Å². The van der Waals surface area contributed by atoms with Crippen LogP contribution in [0.2, 0.25) is 0 Å². The molecule has 3 aromatic carbocycles. The fourth-order valence-corrected chi connectivity index (χ4v) is 9.35. The molecule has 2 saturated heterocycles. The standard InChI is InChI=1S/C34H36F3N3O4S/c35-34(36,37)24-5-3-6-27(19-24)45(42,43)40-16-14-23-4-1-2-7-28(23)31(40)20-33(41)38-30-15-17-44-32-18-22(8-13-29(30)32)21-39-25-9-10-26(39)12-11-25/h1-8,13,18-19,25-26,30-31H,9-12,14-17,20-21H2,(H,38,41)/t25?,26?,30-,31-/m1/s1. The third-order valence-corrected chi connectivity index (χ3v) is 11.8. The first-order valence-electron chi connectivity index (χ1n) is 15.7. The van der Waals surface area contributed by atoms with Crippen molar-refractivity contribution in [1.82, 2.24) is 14.5 Å². The maximum Gasteiger partial charge on any atom is 0.416 e. The van der Waals surface area contributed by atoms with Crippen molar-refractivity contribution in [1.29, 1.82) is 0 Å². The van der Waals surface area contributed by atoms with Crippen LogP contribution in [-0.2, 0) is 34.0 Å². The number of hydrogen-bond acceptors (Lipinski definition) is 5. The molecule has 1 N–H and O–H groups in total. The number of fused-ring (bicyclic) bond motifs is 4. The van der Waals surface area contributed by atoms with Crippen molar-refractivity contribution >= 4 is 15.9 Å². The Labute approximate surface area is 261 Å². The number of halogens is 3. The molecule has 4 aliphatic heterocycles. The molecule has 0 aliphatic carbocycles. The quantitative estimate of drug-likeness (QED) is 0.336. The van der Waals surface area contributed by atoms with Crippen LogP contribution in [0.1, 0.15) is 78.4 Å². The smallest absolute Gasteiger partial charge is 0.416 e. The number of nitrogens with zero attached hydrogens (tertiary/aromatic N) is 2. The predicted octanol–water partition coefficient (Wildman–Crippen LogP) is 6.15. The molecule has 11 heteroatoms. The Bertz CT molecular complexity index is 1690. The summed E-state index contributed by atoms with van der Waals surface area (Å²) in [5, 5.41) is 3.11. The molecule has 1 amide bonds. The van der Waals surface area contributed by atoms with Crippen molar-refractivity contribution in [3.8, 4) is 5.75 Å². The zero-order valence-electron chi connectivity index (χ0n) is 24.8. The molecule has 0 radical (unpaired) electrons. The number of benzene rings is 3. The van der Waals surface area contributed by atoms with Gasteiger partial charge in [-0.2, -0.15) is 17.5 Å². The van der Waals surface area contributed by atoms with Crippen molar-refractivity contribution in [2.24, 2.45) is 0 Å². The second kappa shape index (κ2) is 11.7. The summed E-state index contributed by atoms with van der Waals surface area (Å²) in [4.78, 5) is 15.8. The number of alkyl halides is 3. The zero-order valence-corrected chi connectivity index (χ0v) is 25.6. The SMILES string of the molecule is O=C(C[C@@H]1c2ccccc2CCN1S(=O)(=O)c1cccc(C(F)(F)F)c1)N[C@@H]1CCOc2cc(CN3C4CCC3CC4)ccc21. The van der Waals surface area contributed by atoms with Gasteiger partial charge in [0.05, 0.1) is 29.1 Å². The Morgan fingerprint density at radius 2 is 1.67 bits per heavy atom. The number of carbonyl (C=O) groups is 1. The number of hydrogen-bond donors (Lipinski definition) is 1. The van der Waals surface area contributed by atoms with Crippen LogP contribution in [0.25, 0.3) is 0 Å². The van der Waals surface area contributed by atoms with Gasteiger partial charge in [-0.1, -0.05) is 42.5 Å². The van der Waals surface area contributed by atoms with E-state index in [2.05, 4.69) is 22.3 Å². The van der Waals surface area contributed by atoms with Gasteiger partial charge in [-0.25, -0.2) is 8.42 Å². The van der Waals surface area contributed by atoms with E-state index in [0.717, 1.165) is 35.6 Å². The van der Waals surface area contributed by atoms with Crippen LogP contribution in [0, 0.1) is 0 Å². The van der Waals surface area contributed by atoms with Crippen LogP contribution < -0.4 is 10.1 Å². The van der Waals surface area contributed by atoms with Crippen LogP contribution in [0.4, 0.5) is 13.2 Å². The Morgan fingerprint density at radius 3 is 2.42 bits per heavy atom. The summed E-state index contributed by atoms with van der Waals surface area (Å²) in [6.45, 7) is 1.38. The normalized spacial score (nSPS) is 25.0. The van der Waals surface area contributed by atoms with Crippen LogP contribution in [-0.4, -0.2) is 48.8 Å². The first kappa shape index (κ1) is 30.3. The second-order valence-corrected chi connectivity index (χ2v) is 14.5. The lowest BCUT2D eigenvalue weighted by molar-refractivity contribution is -0.137. The lowest BCUT2D eigenvalue weighted by atomic mass is 9.92. The van der Waals surface area contributed by atoms with Crippen LogP contribution in [0.15, 0.2) is 71.6 Å². The molecule has 238 valence electrons. The lowest BCUT2D eigenvalue weighted by Gasteiger charge is -2.36. The first-order chi connectivity index (χ1) is 21.6. The molecule has 4 aliphatic rings. The van der Waals surface area contributed by atoms with Crippen molar-refractivity contribution in [2.45, 2.75) is 86.7 Å². The van der Waals surface area contributed by atoms with Gasteiger partial charge in [-0.15, -0.1) is 0 Å². The summed E-state index contributed by atoms with van der Waals surface area (Å²) < 4.78 is 75.2. The molecule has 7 rings (SSSR count). The maximum atomic E-state index is 13.8. The molecule has 2 bridgehead atoms. The zero-order chi connectivity index (χ0) is 31.3. The van der Waals surface area contributed by atoms with Crippen molar-refractivity contribution in [2.75, 3.05) is 13.2 Å². The third kappa shape index (κ3) is 5.86. The molecule has 0 saturated carbocycles. The van der Waals surface area contributed by atoms with Gasteiger partial charge in [0.15, 0.2) is 0 Å². The van der Waals surface area contributed by atoms with Gasteiger partial charge in [0.2, 0.25) is 15.9 Å². The highest BCUT2D eigenvalue weighted by molar-refractivity contribution is 7.89. The van der Waals surface area contributed by atoms with Gasteiger partial charge in [0, 0.05) is 43.6 Å². The molecular formula is C34H36F3N3O4S. The maximum absolute atomic E-state index is 13.8. The summed E-state index contributed by atoms with van der Waals surface area (Å²) >= 11 is 0. The van der Waals surface area contributed by atoms with Crippen LogP contribution in [0.5, 0.6) is 5.75 Å². The summed E-state index contributed by atoms with van der Waals surface area (Å²) in [5.74, 6) is 0.420. The lowest BCUT2D eigenvalue weighted by Crippen LogP contribution is -2.43. The molecule has 0 spiro atoms. The van der Waals surface area contributed by atoms with E-state index in [0.29, 0.717) is 43.2 Å². The van der Waals surface area contributed by atoms with Gasteiger partial charge in [-0.3, -0.25) is 9.69 Å². The molecule has 0 aromatic heterocycles. The van der Waals surface area contributed by atoms with Crippen molar-refractivity contribution < 1.29 is 31.1 Å².